The van der Waals surface area contributed by atoms with Crippen LogP contribution in [-0.2, 0) is 3.74 Å². The molecule has 0 saturated carbocycles. The third-order valence-corrected chi connectivity index (χ3v) is 0. The number of hydrogen-bond acceptors (Lipinski definition) is 2. The first-order chi connectivity index (χ1) is 2.00. The van der Waals surface area contributed by atoms with Crippen molar-refractivity contribution in [1.29, 1.82) is 0 Å². The molecule has 0 rings (SSSR count). The molecular formula is C2H6AsNaO2. The molecule has 0 aliphatic carbocycles. The molecule has 0 bridgehead atoms. The van der Waals surface area contributed by atoms with Gasteiger partial charge in [0.05, 0.1) is 0 Å². The van der Waals surface area contributed by atoms with E-state index >= 15 is 0 Å². The molecule has 0 radical (unpaired) electrons. The van der Waals surface area contributed by atoms with Gasteiger partial charge >= 0.3 is 62.6 Å². The molecule has 1 atom stereocenters. The third-order valence-electron chi connectivity index (χ3n) is 0. The van der Waals surface area contributed by atoms with Gasteiger partial charge in [-0.15, -0.1) is 0 Å². The average Bonchev–Trinajstić information content (AvgIpc) is 0.722. The van der Waals surface area contributed by atoms with Crippen molar-refractivity contribution in [3.8, 4) is 0 Å². The maximum Gasteiger partial charge on any atom is 1.00 e. The normalized spacial score (nSPS) is 17.8. The minimum Gasteiger partial charge on any atom is 1.00 e. The summed E-state index contributed by atoms with van der Waals surface area (Å²) < 4.78 is 19.4. The van der Waals surface area contributed by atoms with Crippen LogP contribution < -0.4 is 33.7 Å². The summed E-state index contributed by atoms with van der Waals surface area (Å²) in [7, 11) is 0. The van der Waals surface area contributed by atoms with Crippen molar-refractivity contribution in [1.82, 2.24) is 0 Å². The van der Waals surface area contributed by atoms with Crippen LogP contribution >= 0.6 is 0 Å². The van der Waals surface area contributed by atoms with Gasteiger partial charge in [0.1, 0.15) is 0 Å². The predicted octanol–water partition coefficient (Wildman–Crippen LogP) is -3.52. The summed E-state index contributed by atoms with van der Waals surface area (Å²) in [5.74, 6) is 0. The molecule has 0 heterocycles. The zero-order valence-electron chi connectivity index (χ0n) is 4.26. The van der Waals surface area contributed by atoms with Gasteiger partial charge in [-0.2, -0.15) is 0 Å². The van der Waals surface area contributed by atoms with Crippen LogP contribution in [0.4, 0.5) is 0 Å². The maximum absolute atomic E-state index is 9.72. The standard InChI is InChI=1S/C2H7AsO2.Na/c1-3(2,4)5;/h1-2H3,(H,4,5);/q;+1/p-1/i1+2;. The third kappa shape index (κ3) is 57.1. The Morgan fingerprint density at radius 1 is 1.83 bits per heavy atom. The van der Waals surface area contributed by atoms with Crippen molar-refractivity contribution < 1.29 is 37.4 Å². The fraction of sp³-hybridized carbons (Fsp3) is 1.00. The van der Waals surface area contributed by atoms with E-state index in [1.807, 2.05) is 0 Å². The summed E-state index contributed by atoms with van der Waals surface area (Å²) in [6, 6.07) is 0. The molecule has 32 valence electrons. The van der Waals surface area contributed by atoms with Gasteiger partial charge in [-0.1, -0.05) is 0 Å². The van der Waals surface area contributed by atoms with E-state index in [0.717, 1.165) is 0 Å². The first-order valence-electron chi connectivity index (χ1n) is 1.26. The summed E-state index contributed by atoms with van der Waals surface area (Å²) in [5, 5.41) is 0. The molecule has 0 N–H and O–H groups in total. The number of hydrogen-bond donors (Lipinski definition) is 0. The van der Waals surface area contributed by atoms with Crippen LogP contribution in [-0.4, -0.2) is 13.8 Å². The fourth-order valence-corrected chi connectivity index (χ4v) is 0. The van der Waals surface area contributed by atoms with E-state index in [-0.39, 0.29) is 29.6 Å². The van der Waals surface area contributed by atoms with Crippen LogP contribution in [0.2, 0.25) is 11.4 Å². The minimum absolute atomic E-state index is 0. The Balaban J connectivity index is 0. The molecule has 0 aliphatic rings. The van der Waals surface area contributed by atoms with Gasteiger partial charge in [-0.05, 0) is 0 Å². The van der Waals surface area contributed by atoms with Crippen LogP contribution in [0.25, 0.3) is 0 Å². The number of rotatable bonds is 0. The Bertz CT molecular complexity index is 57.7. The van der Waals surface area contributed by atoms with E-state index in [9.17, 15) is 7.84 Å². The molecule has 0 fully saturated rings. The van der Waals surface area contributed by atoms with E-state index in [1.165, 1.54) is 11.4 Å². The molecule has 6 heavy (non-hydrogen) atoms. The van der Waals surface area contributed by atoms with E-state index < -0.39 is 13.8 Å². The second-order valence-electron chi connectivity index (χ2n) is 1.25. The van der Waals surface area contributed by atoms with Gasteiger partial charge in [-0.25, -0.2) is 0 Å². The van der Waals surface area contributed by atoms with Crippen LogP contribution in [0.15, 0.2) is 0 Å². The second-order valence-corrected chi connectivity index (χ2v) is 6.51. The largest absolute Gasteiger partial charge is 1.00 e. The molecule has 2 nitrogen and oxygen atoms in total. The molecule has 0 aromatic rings. The summed E-state index contributed by atoms with van der Waals surface area (Å²) in [6.07, 6.45) is 0. The Morgan fingerprint density at radius 3 is 1.83 bits per heavy atom. The summed E-state index contributed by atoms with van der Waals surface area (Å²) in [6.45, 7) is 0. The molecular weight excluding hydrogens is 156 g/mol. The topological polar surface area (TPSA) is 40.1 Å². The second kappa shape index (κ2) is 3.34. The molecule has 0 spiro atoms. The molecule has 0 aliphatic heterocycles. The molecule has 1 unspecified atom stereocenters. The van der Waals surface area contributed by atoms with Crippen molar-refractivity contribution in [2.75, 3.05) is 0 Å². The Morgan fingerprint density at radius 2 is 1.83 bits per heavy atom. The van der Waals surface area contributed by atoms with Gasteiger partial charge < -0.3 is 0 Å². The molecule has 4 heteroatoms. The Hall–Kier alpha value is 1.32. The van der Waals surface area contributed by atoms with Crippen LogP contribution in [0.5, 0.6) is 0 Å². The maximum atomic E-state index is 9.72. The van der Waals surface area contributed by atoms with E-state index in [0.29, 0.717) is 0 Å². The van der Waals surface area contributed by atoms with Crippen molar-refractivity contribution in [3.63, 3.8) is 0 Å². The van der Waals surface area contributed by atoms with Gasteiger partial charge in [0, 0.05) is 0 Å². The minimum atomic E-state index is -3.38. The zero-order valence-corrected chi connectivity index (χ0v) is 8.14. The fourth-order valence-electron chi connectivity index (χ4n) is 0. The van der Waals surface area contributed by atoms with Gasteiger partial charge in [0.15, 0.2) is 0 Å². The van der Waals surface area contributed by atoms with E-state index in [2.05, 4.69) is 0 Å². The average molecular weight is 162 g/mol. The quantitative estimate of drug-likeness (QED) is 0.346. The first kappa shape index (κ1) is 10.3. The smallest absolute Gasteiger partial charge is 1.00 e. The monoisotopic (exact) mass is 162 g/mol. The predicted molar refractivity (Wildman–Crippen MR) is 18.2 cm³/mol. The van der Waals surface area contributed by atoms with Crippen molar-refractivity contribution in [2.45, 2.75) is 11.4 Å². The summed E-state index contributed by atoms with van der Waals surface area (Å²) in [4.78, 5) is 0. The van der Waals surface area contributed by atoms with Crippen LogP contribution in [0, 0.1) is 0 Å². The van der Waals surface area contributed by atoms with E-state index in [1.54, 1.807) is 0 Å². The van der Waals surface area contributed by atoms with Crippen molar-refractivity contribution >= 4 is 13.8 Å². The van der Waals surface area contributed by atoms with Crippen LogP contribution in [0.3, 0.4) is 0 Å². The van der Waals surface area contributed by atoms with Crippen molar-refractivity contribution in [2.24, 2.45) is 0 Å². The van der Waals surface area contributed by atoms with Crippen LogP contribution in [0.1, 0.15) is 0 Å². The van der Waals surface area contributed by atoms with Gasteiger partial charge in [-0.3, -0.25) is 0 Å². The first-order valence-corrected chi connectivity index (χ1v) is 6.54. The SMILES string of the molecule is C[As]([14CH3])(=O)[O-].[Na+]. The Labute approximate surface area is 62.3 Å². The molecule has 0 aromatic heterocycles. The van der Waals surface area contributed by atoms with E-state index in [4.69, 9.17) is 0 Å². The molecule has 0 amide bonds. The Kier molecular flexibility index (Phi) is 5.74. The van der Waals surface area contributed by atoms with Crippen molar-refractivity contribution in [3.05, 3.63) is 0 Å². The van der Waals surface area contributed by atoms with Gasteiger partial charge in [0.25, 0.3) is 0 Å². The molecule has 0 saturated heterocycles. The summed E-state index contributed by atoms with van der Waals surface area (Å²) in [5.41, 5.74) is 2.50. The zero-order chi connectivity index (χ0) is 4.50. The summed E-state index contributed by atoms with van der Waals surface area (Å²) >= 11 is -3.38. The van der Waals surface area contributed by atoms with Gasteiger partial charge in [0.2, 0.25) is 0 Å². The molecule has 0 aromatic carbocycles.